The molecule has 1 atom stereocenters. The minimum atomic E-state index is -0.814. The number of rotatable bonds is 38. The Morgan fingerprint density at radius 3 is 1.31 bits per heavy atom. The Kier molecular flexibility index (Phi) is 40.1. The van der Waals surface area contributed by atoms with Gasteiger partial charge in [0.05, 0.1) is 6.42 Å². The first-order chi connectivity index (χ1) is 26.5. The van der Waals surface area contributed by atoms with Gasteiger partial charge in [0.15, 0.2) is 6.10 Å². The number of unbranched alkanes of at least 4 members (excludes halogenated alkanes) is 16. The van der Waals surface area contributed by atoms with Gasteiger partial charge in [-0.1, -0.05) is 177 Å². The number of hydrogen-bond donors (Lipinski definition) is 0. The molecule has 0 aromatic rings. The number of allylic oxidation sites excluding steroid dienone is 11. The maximum Gasteiger partial charge on any atom is 0.309 e. The summed E-state index contributed by atoms with van der Waals surface area (Å²) in [7, 11) is 0. The molecule has 0 spiro atoms. The first kappa shape index (κ1) is 50.9. The highest BCUT2D eigenvalue weighted by molar-refractivity contribution is 5.72. The average molecular weight is 753 g/mol. The maximum absolute atomic E-state index is 12.7. The second-order valence-electron chi connectivity index (χ2n) is 14.2. The molecule has 1 unspecified atom stereocenters. The van der Waals surface area contributed by atoms with E-state index in [1.54, 1.807) is 6.08 Å². The normalized spacial score (nSPS) is 12.7. The van der Waals surface area contributed by atoms with Crippen molar-refractivity contribution in [3.05, 3.63) is 72.9 Å². The van der Waals surface area contributed by atoms with Crippen molar-refractivity contribution in [1.82, 2.24) is 0 Å². The lowest BCUT2D eigenvalue weighted by Crippen LogP contribution is -2.30. The van der Waals surface area contributed by atoms with Crippen LogP contribution in [0.2, 0.25) is 0 Å². The van der Waals surface area contributed by atoms with Gasteiger partial charge >= 0.3 is 17.9 Å². The maximum atomic E-state index is 12.7. The molecular weight excluding hydrogens is 673 g/mol. The quantitative estimate of drug-likeness (QED) is 0.0270. The fraction of sp³-hybridized carbons (Fsp3) is 0.688. The van der Waals surface area contributed by atoms with E-state index in [4.69, 9.17) is 14.2 Å². The van der Waals surface area contributed by atoms with Gasteiger partial charge < -0.3 is 14.2 Å². The third-order valence-corrected chi connectivity index (χ3v) is 8.98. The van der Waals surface area contributed by atoms with Crippen molar-refractivity contribution < 1.29 is 28.6 Å². The largest absolute Gasteiger partial charge is 0.462 e. The number of ether oxygens (including phenoxy) is 3. The Bertz CT molecular complexity index is 1050. The summed E-state index contributed by atoms with van der Waals surface area (Å²) < 4.78 is 16.5. The van der Waals surface area contributed by atoms with Gasteiger partial charge in [-0.2, -0.15) is 0 Å². The summed E-state index contributed by atoms with van der Waals surface area (Å²) in [6.07, 6.45) is 51.9. The van der Waals surface area contributed by atoms with Gasteiger partial charge in [-0.15, -0.1) is 0 Å². The highest BCUT2D eigenvalue weighted by atomic mass is 16.6. The molecule has 6 nitrogen and oxygen atoms in total. The van der Waals surface area contributed by atoms with Crippen LogP contribution in [-0.4, -0.2) is 37.2 Å². The summed E-state index contributed by atoms with van der Waals surface area (Å²) in [6, 6.07) is 0. The molecule has 0 N–H and O–H groups in total. The van der Waals surface area contributed by atoms with Gasteiger partial charge in [0, 0.05) is 12.8 Å². The molecule has 6 heteroatoms. The molecule has 0 aliphatic rings. The number of carbonyl (C=O) groups excluding carboxylic acids is 3. The second kappa shape index (κ2) is 42.6. The summed E-state index contributed by atoms with van der Waals surface area (Å²) in [5.41, 5.74) is 0. The summed E-state index contributed by atoms with van der Waals surface area (Å²) in [5.74, 6) is -1.06. The number of hydrogen-bond acceptors (Lipinski definition) is 6. The SMILES string of the molecule is CC/C=C\C/C=C\C/C=C\C/C=C\C/C=C\CC(=O)OCC(COC(=O)CCCCCCCCCCC)OC(=O)CCCCCCC/C=C\CCCCC. The van der Waals surface area contributed by atoms with Crippen LogP contribution in [0.4, 0.5) is 0 Å². The van der Waals surface area contributed by atoms with Gasteiger partial charge in [-0.25, -0.2) is 0 Å². The minimum absolute atomic E-state index is 0.108. The van der Waals surface area contributed by atoms with Crippen molar-refractivity contribution in [2.24, 2.45) is 0 Å². The lowest BCUT2D eigenvalue weighted by Gasteiger charge is -2.18. The van der Waals surface area contributed by atoms with Crippen LogP contribution in [0.3, 0.4) is 0 Å². The van der Waals surface area contributed by atoms with E-state index in [0.717, 1.165) is 83.5 Å². The van der Waals surface area contributed by atoms with E-state index in [0.29, 0.717) is 12.8 Å². The smallest absolute Gasteiger partial charge is 0.309 e. The zero-order chi connectivity index (χ0) is 39.4. The van der Waals surface area contributed by atoms with Gasteiger partial charge in [0.25, 0.3) is 0 Å². The summed E-state index contributed by atoms with van der Waals surface area (Å²) in [5, 5.41) is 0. The van der Waals surface area contributed by atoms with E-state index in [1.807, 2.05) is 6.08 Å². The van der Waals surface area contributed by atoms with Crippen LogP contribution in [0.5, 0.6) is 0 Å². The monoisotopic (exact) mass is 753 g/mol. The Morgan fingerprint density at radius 1 is 0.407 bits per heavy atom. The Balaban J connectivity index is 4.52. The van der Waals surface area contributed by atoms with E-state index in [1.165, 1.54) is 70.6 Å². The molecule has 0 aromatic carbocycles. The molecule has 0 amide bonds. The molecule has 0 bridgehead atoms. The van der Waals surface area contributed by atoms with Crippen molar-refractivity contribution in [1.29, 1.82) is 0 Å². The van der Waals surface area contributed by atoms with E-state index >= 15 is 0 Å². The zero-order valence-corrected chi connectivity index (χ0v) is 35.0. The van der Waals surface area contributed by atoms with E-state index in [2.05, 4.69) is 81.5 Å². The predicted octanol–water partition coefficient (Wildman–Crippen LogP) is 13.9. The Morgan fingerprint density at radius 2 is 0.796 bits per heavy atom. The fourth-order valence-corrected chi connectivity index (χ4v) is 5.68. The molecule has 0 saturated heterocycles. The molecule has 0 radical (unpaired) electrons. The molecule has 0 saturated carbocycles. The van der Waals surface area contributed by atoms with Crippen LogP contribution in [0.15, 0.2) is 72.9 Å². The fourth-order valence-electron chi connectivity index (χ4n) is 5.68. The average Bonchev–Trinajstić information content (AvgIpc) is 3.17. The minimum Gasteiger partial charge on any atom is -0.462 e. The van der Waals surface area contributed by atoms with Gasteiger partial charge in [0.1, 0.15) is 13.2 Å². The first-order valence-electron chi connectivity index (χ1n) is 21.9. The Hall–Kier alpha value is -3.15. The van der Waals surface area contributed by atoms with Crippen LogP contribution < -0.4 is 0 Å². The van der Waals surface area contributed by atoms with Crippen LogP contribution >= 0.6 is 0 Å². The lowest BCUT2D eigenvalue weighted by atomic mass is 10.1. The molecule has 0 fully saturated rings. The molecule has 0 aliphatic carbocycles. The lowest BCUT2D eigenvalue weighted by molar-refractivity contribution is -0.166. The second-order valence-corrected chi connectivity index (χ2v) is 14.2. The highest BCUT2D eigenvalue weighted by Crippen LogP contribution is 2.13. The van der Waals surface area contributed by atoms with Crippen molar-refractivity contribution in [3.8, 4) is 0 Å². The standard InChI is InChI=1S/C48H80O6/c1-4-7-10-13-16-19-21-23-24-25-27-29-32-35-38-41-47(50)53-44-45(43-52-46(49)40-37-34-31-28-18-15-12-9-6-3)54-48(51)42-39-36-33-30-26-22-20-17-14-11-8-5-2/h7,10,16-17,19-20,23-24,27,29,35,38,45H,4-6,8-9,11-15,18,21-22,25-26,28,30-34,36-37,39-44H2,1-3H3/b10-7-,19-16-,20-17-,24-23-,29-27-,38-35-. The van der Waals surface area contributed by atoms with Crippen LogP contribution in [0.25, 0.3) is 0 Å². The van der Waals surface area contributed by atoms with Crippen molar-refractivity contribution >= 4 is 17.9 Å². The Labute approximate surface area is 332 Å². The molecule has 0 heterocycles. The number of esters is 3. The van der Waals surface area contributed by atoms with E-state index in [-0.39, 0.29) is 31.6 Å². The third kappa shape index (κ3) is 40.0. The molecule has 0 aromatic heterocycles. The summed E-state index contributed by atoms with van der Waals surface area (Å²) in [4.78, 5) is 37.6. The van der Waals surface area contributed by atoms with Crippen molar-refractivity contribution in [3.63, 3.8) is 0 Å². The summed E-state index contributed by atoms with van der Waals surface area (Å²) >= 11 is 0. The van der Waals surface area contributed by atoms with E-state index in [9.17, 15) is 14.4 Å². The van der Waals surface area contributed by atoms with Crippen molar-refractivity contribution in [2.45, 2.75) is 200 Å². The molecule has 0 rings (SSSR count). The molecule has 308 valence electrons. The van der Waals surface area contributed by atoms with E-state index < -0.39 is 12.1 Å². The topological polar surface area (TPSA) is 78.9 Å². The van der Waals surface area contributed by atoms with Gasteiger partial charge in [0.2, 0.25) is 0 Å². The first-order valence-corrected chi connectivity index (χ1v) is 21.9. The van der Waals surface area contributed by atoms with Crippen LogP contribution in [0.1, 0.15) is 194 Å². The zero-order valence-electron chi connectivity index (χ0n) is 35.0. The van der Waals surface area contributed by atoms with Gasteiger partial charge in [-0.3, -0.25) is 14.4 Å². The van der Waals surface area contributed by atoms with Crippen molar-refractivity contribution in [2.75, 3.05) is 13.2 Å². The third-order valence-electron chi connectivity index (χ3n) is 8.98. The van der Waals surface area contributed by atoms with Crippen LogP contribution in [-0.2, 0) is 28.6 Å². The predicted molar refractivity (Wildman–Crippen MR) is 228 cm³/mol. The molecule has 0 aliphatic heterocycles. The highest BCUT2D eigenvalue weighted by Gasteiger charge is 2.19. The molecular formula is C48H80O6. The number of carbonyl (C=O) groups is 3. The van der Waals surface area contributed by atoms with Gasteiger partial charge in [-0.05, 0) is 70.6 Å². The molecule has 54 heavy (non-hydrogen) atoms. The summed E-state index contributed by atoms with van der Waals surface area (Å²) in [6.45, 7) is 6.35. The van der Waals surface area contributed by atoms with Crippen LogP contribution in [0, 0.1) is 0 Å².